The largest absolute Gasteiger partial charge is 0.487 e. The van der Waals surface area contributed by atoms with Crippen molar-refractivity contribution in [2.75, 3.05) is 0 Å². The van der Waals surface area contributed by atoms with Crippen LogP contribution < -0.4 is 4.74 Å². The summed E-state index contributed by atoms with van der Waals surface area (Å²) >= 11 is 12.5. The van der Waals surface area contributed by atoms with Crippen molar-refractivity contribution < 1.29 is 4.74 Å². The van der Waals surface area contributed by atoms with E-state index < -0.39 is 0 Å². The monoisotopic (exact) mass is 411 g/mol. The molecule has 28 heavy (non-hydrogen) atoms. The van der Waals surface area contributed by atoms with Gasteiger partial charge in [-0.3, -0.25) is 4.98 Å². The Hall–Kier alpha value is -2.96. The average Bonchev–Trinajstić information content (AvgIpc) is 3.18. The Morgan fingerprint density at radius 2 is 1.79 bits per heavy atom. The van der Waals surface area contributed by atoms with E-state index in [1.165, 1.54) is 0 Å². The van der Waals surface area contributed by atoms with Crippen molar-refractivity contribution in [1.82, 2.24) is 25.2 Å². The summed E-state index contributed by atoms with van der Waals surface area (Å²) in [7, 11) is 0. The molecule has 0 aliphatic carbocycles. The van der Waals surface area contributed by atoms with Gasteiger partial charge < -0.3 is 4.74 Å². The van der Waals surface area contributed by atoms with E-state index >= 15 is 0 Å². The molecule has 0 unspecified atom stereocenters. The Bertz CT molecular complexity index is 1080. The van der Waals surface area contributed by atoms with Gasteiger partial charge in [0.05, 0.1) is 22.3 Å². The number of pyridine rings is 1. The second kappa shape index (κ2) is 8.37. The molecule has 2 aromatic carbocycles. The summed E-state index contributed by atoms with van der Waals surface area (Å²) in [4.78, 5) is 4.28. The van der Waals surface area contributed by atoms with Gasteiger partial charge in [-0.2, -0.15) is 0 Å². The van der Waals surface area contributed by atoms with Crippen LogP contribution in [0.5, 0.6) is 5.75 Å². The highest BCUT2D eigenvalue weighted by Gasteiger charge is 2.16. The molecule has 0 saturated heterocycles. The topological polar surface area (TPSA) is 65.7 Å². The first-order valence-corrected chi connectivity index (χ1v) is 9.29. The fraction of sp³-hybridized carbons (Fsp3) is 0.100. The average molecular weight is 412 g/mol. The molecule has 4 aromatic rings. The van der Waals surface area contributed by atoms with Crippen LogP contribution in [-0.4, -0.2) is 25.2 Å². The van der Waals surface area contributed by atoms with Crippen LogP contribution in [0, 0.1) is 0 Å². The molecule has 0 aliphatic heterocycles. The number of benzene rings is 2. The number of rotatable bonds is 6. The standard InChI is InChI=1S/C20H15Cl2N5O/c21-17-9-5-8-16(19(17)22)20-24-25-26-27(20)12-14-6-1-2-10-18(14)28-13-15-7-3-4-11-23-15/h1-11H,12-13H2. The molecule has 8 heteroatoms. The molecule has 2 heterocycles. The van der Waals surface area contributed by atoms with Gasteiger partial charge in [-0.15, -0.1) is 5.10 Å². The Labute approximate surface area is 171 Å². The Morgan fingerprint density at radius 1 is 0.929 bits per heavy atom. The van der Waals surface area contributed by atoms with Gasteiger partial charge in [-0.1, -0.05) is 53.5 Å². The van der Waals surface area contributed by atoms with Crippen molar-refractivity contribution in [3.63, 3.8) is 0 Å². The van der Waals surface area contributed by atoms with Crippen molar-refractivity contribution in [2.24, 2.45) is 0 Å². The van der Waals surface area contributed by atoms with Crippen molar-refractivity contribution in [3.8, 4) is 17.1 Å². The zero-order valence-corrected chi connectivity index (χ0v) is 16.2. The van der Waals surface area contributed by atoms with Gasteiger partial charge in [0.15, 0.2) is 5.82 Å². The second-order valence-corrected chi connectivity index (χ2v) is 6.76. The van der Waals surface area contributed by atoms with Crippen LogP contribution in [0.4, 0.5) is 0 Å². The molecule has 0 radical (unpaired) electrons. The fourth-order valence-electron chi connectivity index (χ4n) is 2.75. The first-order valence-electron chi connectivity index (χ1n) is 8.53. The van der Waals surface area contributed by atoms with E-state index in [0.29, 0.717) is 34.6 Å². The van der Waals surface area contributed by atoms with Crippen LogP contribution in [0.3, 0.4) is 0 Å². The van der Waals surface area contributed by atoms with Gasteiger partial charge in [0.1, 0.15) is 12.4 Å². The summed E-state index contributed by atoms with van der Waals surface area (Å²) in [6.07, 6.45) is 1.74. The highest BCUT2D eigenvalue weighted by Crippen LogP contribution is 2.32. The third kappa shape index (κ3) is 3.98. The predicted molar refractivity (Wildman–Crippen MR) is 107 cm³/mol. The summed E-state index contributed by atoms with van der Waals surface area (Å²) in [5.41, 5.74) is 2.46. The number of para-hydroxylation sites is 1. The molecule has 140 valence electrons. The number of halogens is 2. The van der Waals surface area contributed by atoms with Crippen molar-refractivity contribution >= 4 is 23.2 Å². The van der Waals surface area contributed by atoms with Crippen LogP contribution in [-0.2, 0) is 13.2 Å². The van der Waals surface area contributed by atoms with Gasteiger partial charge >= 0.3 is 0 Å². The number of ether oxygens (including phenoxy) is 1. The highest BCUT2D eigenvalue weighted by molar-refractivity contribution is 6.43. The maximum Gasteiger partial charge on any atom is 0.183 e. The minimum atomic E-state index is 0.375. The number of tetrazole rings is 1. The first-order chi connectivity index (χ1) is 13.7. The molecule has 2 aromatic heterocycles. The van der Waals surface area contributed by atoms with Crippen LogP contribution in [0.15, 0.2) is 66.9 Å². The Morgan fingerprint density at radius 3 is 2.64 bits per heavy atom. The maximum absolute atomic E-state index is 6.34. The Kier molecular flexibility index (Phi) is 5.50. The number of aromatic nitrogens is 5. The summed E-state index contributed by atoms with van der Waals surface area (Å²) in [6.45, 7) is 0.796. The lowest BCUT2D eigenvalue weighted by Gasteiger charge is -2.12. The zero-order valence-electron chi connectivity index (χ0n) is 14.7. The lowest BCUT2D eigenvalue weighted by molar-refractivity contribution is 0.297. The highest BCUT2D eigenvalue weighted by atomic mass is 35.5. The minimum absolute atomic E-state index is 0.375. The molecule has 0 saturated carbocycles. The van der Waals surface area contributed by atoms with Gasteiger partial charge in [0, 0.05) is 17.3 Å². The summed E-state index contributed by atoms with van der Waals surface area (Å²) in [5.74, 6) is 1.28. The predicted octanol–water partition coefficient (Wildman–Crippen LogP) is 4.67. The third-order valence-electron chi connectivity index (χ3n) is 4.12. The maximum atomic E-state index is 6.34. The summed E-state index contributed by atoms with van der Waals surface area (Å²) < 4.78 is 7.64. The molecule has 0 bridgehead atoms. The van der Waals surface area contributed by atoms with E-state index in [4.69, 9.17) is 27.9 Å². The van der Waals surface area contributed by atoms with Crippen molar-refractivity contribution in [2.45, 2.75) is 13.2 Å². The summed E-state index contributed by atoms with van der Waals surface area (Å²) in [6, 6.07) is 18.8. The molecule has 0 spiro atoms. The lowest BCUT2D eigenvalue weighted by atomic mass is 10.2. The second-order valence-electron chi connectivity index (χ2n) is 5.98. The van der Waals surface area contributed by atoms with Gasteiger partial charge in [0.2, 0.25) is 0 Å². The normalized spacial score (nSPS) is 10.8. The smallest absolute Gasteiger partial charge is 0.183 e. The van der Waals surface area contributed by atoms with Crippen molar-refractivity contribution in [1.29, 1.82) is 0 Å². The fourth-order valence-corrected chi connectivity index (χ4v) is 3.14. The quantitative estimate of drug-likeness (QED) is 0.461. The van der Waals surface area contributed by atoms with E-state index in [1.807, 2.05) is 54.6 Å². The number of hydrogen-bond donors (Lipinski definition) is 0. The molecule has 0 aliphatic rings. The zero-order chi connectivity index (χ0) is 19.3. The molecule has 0 atom stereocenters. The number of nitrogens with zero attached hydrogens (tertiary/aromatic N) is 5. The van der Waals surface area contributed by atoms with Crippen molar-refractivity contribution in [3.05, 3.63) is 88.2 Å². The SMILES string of the molecule is Clc1cccc(-c2nnnn2Cc2ccccc2OCc2ccccn2)c1Cl. The summed E-state index contributed by atoms with van der Waals surface area (Å²) in [5, 5.41) is 12.9. The molecule has 0 amide bonds. The molecular weight excluding hydrogens is 397 g/mol. The van der Waals surface area contributed by atoms with Crippen LogP contribution in [0.25, 0.3) is 11.4 Å². The Balaban J connectivity index is 1.59. The number of hydrogen-bond acceptors (Lipinski definition) is 5. The minimum Gasteiger partial charge on any atom is -0.487 e. The van der Waals surface area contributed by atoms with Crippen LogP contribution in [0.2, 0.25) is 10.0 Å². The molecule has 0 N–H and O–H groups in total. The molecule has 6 nitrogen and oxygen atoms in total. The lowest BCUT2D eigenvalue weighted by Crippen LogP contribution is -2.07. The van der Waals surface area contributed by atoms with Crippen LogP contribution in [0.1, 0.15) is 11.3 Å². The van der Waals surface area contributed by atoms with Gasteiger partial charge in [-0.25, -0.2) is 4.68 Å². The van der Waals surface area contributed by atoms with E-state index in [-0.39, 0.29) is 0 Å². The van der Waals surface area contributed by atoms with E-state index in [0.717, 1.165) is 17.0 Å². The molecular formula is C20H15Cl2N5O. The van der Waals surface area contributed by atoms with Crippen LogP contribution >= 0.6 is 23.2 Å². The molecule has 4 rings (SSSR count). The van der Waals surface area contributed by atoms with Gasteiger partial charge in [-0.05, 0) is 40.8 Å². The first kappa shape index (κ1) is 18.4. The van der Waals surface area contributed by atoms with E-state index in [2.05, 4.69) is 20.5 Å². The van der Waals surface area contributed by atoms with E-state index in [9.17, 15) is 0 Å². The van der Waals surface area contributed by atoms with Gasteiger partial charge in [0.25, 0.3) is 0 Å². The molecule has 0 fully saturated rings. The van der Waals surface area contributed by atoms with E-state index in [1.54, 1.807) is 16.9 Å². The third-order valence-corrected chi connectivity index (χ3v) is 4.94.